The number of hydrogen-bond donors (Lipinski definition) is 2. The standard InChI is InChI=1S/C14H19N3O2/c1-9-16-12-5-4-10(8-13(12)17-9)11(15-2)6-7-14(18)19-3/h4-5,8,11,15H,6-7H2,1-3H3,(H,16,17). The number of aryl methyl sites for hydroxylation is 1. The molecule has 102 valence electrons. The van der Waals surface area contributed by atoms with Gasteiger partial charge in [0.25, 0.3) is 0 Å². The molecule has 0 aliphatic carbocycles. The number of imidazole rings is 1. The molecule has 2 rings (SSSR count). The van der Waals surface area contributed by atoms with Crippen LogP contribution in [0.2, 0.25) is 0 Å². The third-order valence-electron chi connectivity index (χ3n) is 3.24. The second-order valence-electron chi connectivity index (χ2n) is 4.55. The highest BCUT2D eigenvalue weighted by Gasteiger charge is 2.13. The van der Waals surface area contributed by atoms with Gasteiger partial charge in [-0.15, -0.1) is 0 Å². The van der Waals surface area contributed by atoms with Gasteiger partial charge in [0.15, 0.2) is 0 Å². The summed E-state index contributed by atoms with van der Waals surface area (Å²) in [6.07, 6.45) is 1.11. The molecule has 19 heavy (non-hydrogen) atoms. The number of aromatic amines is 1. The Kier molecular flexibility index (Phi) is 4.16. The average Bonchev–Trinajstić information content (AvgIpc) is 2.78. The second-order valence-corrected chi connectivity index (χ2v) is 4.55. The molecular formula is C14H19N3O2. The third-order valence-corrected chi connectivity index (χ3v) is 3.24. The van der Waals surface area contributed by atoms with Crippen LogP contribution in [0.15, 0.2) is 18.2 Å². The van der Waals surface area contributed by atoms with Gasteiger partial charge in [-0.25, -0.2) is 4.98 Å². The van der Waals surface area contributed by atoms with Crippen molar-refractivity contribution in [3.63, 3.8) is 0 Å². The van der Waals surface area contributed by atoms with Crippen molar-refractivity contribution in [3.05, 3.63) is 29.6 Å². The summed E-state index contributed by atoms with van der Waals surface area (Å²) in [6, 6.07) is 6.25. The molecule has 0 aliphatic heterocycles. The Balaban J connectivity index is 2.17. The van der Waals surface area contributed by atoms with Gasteiger partial charge in [-0.05, 0) is 38.1 Å². The summed E-state index contributed by atoms with van der Waals surface area (Å²) < 4.78 is 4.67. The number of rotatable bonds is 5. The Morgan fingerprint density at radius 3 is 3.00 bits per heavy atom. The molecule has 1 atom stereocenters. The maximum absolute atomic E-state index is 11.2. The number of aromatic nitrogens is 2. The van der Waals surface area contributed by atoms with Gasteiger partial charge in [0.1, 0.15) is 5.82 Å². The molecule has 2 aromatic rings. The maximum atomic E-state index is 11.2. The van der Waals surface area contributed by atoms with Crippen molar-refractivity contribution in [1.82, 2.24) is 15.3 Å². The molecule has 0 aliphatic rings. The van der Waals surface area contributed by atoms with E-state index in [1.54, 1.807) is 0 Å². The zero-order chi connectivity index (χ0) is 13.8. The van der Waals surface area contributed by atoms with E-state index in [0.29, 0.717) is 12.8 Å². The van der Waals surface area contributed by atoms with Crippen LogP contribution in [0, 0.1) is 6.92 Å². The number of benzene rings is 1. The highest BCUT2D eigenvalue weighted by atomic mass is 16.5. The van der Waals surface area contributed by atoms with Crippen molar-refractivity contribution in [2.75, 3.05) is 14.2 Å². The Morgan fingerprint density at radius 2 is 2.32 bits per heavy atom. The van der Waals surface area contributed by atoms with Gasteiger partial charge in [0.2, 0.25) is 0 Å². The van der Waals surface area contributed by atoms with Crippen molar-refractivity contribution in [1.29, 1.82) is 0 Å². The predicted molar refractivity (Wildman–Crippen MR) is 73.9 cm³/mol. The summed E-state index contributed by atoms with van der Waals surface area (Å²) in [5, 5.41) is 3.23. The molecule has 5 nitrogen and oxygen atoms in total. The number of esters is 1. The smallest absolute Gasteiger partial charge is 0.305 e. The number of hydrogen-bond acceptors (Lipinski definition) is 4. The van der Waals surface area contributed by atoms with Gasteiger partial charge in [-0.1, -0.05) is 6.07 Å². The Labute approximate surface area is 112 Å². The fraction of sp³-hybridized carbons (Fsp3) is 0.429. The molecule has 1 heterocycles. The van der Waals surface area contributed by atoms with Crippen LogP contribution in [0.1, 0.15) is 30.3 Å². The molecule has 1 aromatic heterocycles. The first-order chi connectivity index (χ1) is 9.13. The van der Waals surface area contributed by atoms with Crippen LogP contribution in [-0.2, 0) is 9.53 Å². The molecule has 1 aromatic carbocycles. The molecule has 0 radical (unpaired) electrons. The lowest BCUT2D eigenvalue weighted by Crippen LogP contribution is -2.18. The van der Waals surface area contributed by atoms with Gasteiger partial charge in [-0.2, -0.15) is 0 Å². The first-order valence-corrected chi connectivity index (χ1v) is 6.34. The summed E-state index contributed by atoms with van der Waals surface area (Å²) in [6.45, 7) is 1.94. The quantitative estimate of drug-likeness (QED) is 0.809. The lowest BCUT2D eigenvalue weighted by Gasteiger charge is -2.15. The predicted octanol–water partition coefficient (Wildman–Crippen LogP) is 2.09. The van der Waals surface area contributed by atoms with Gasteiger partial charge < -0.3 is 15.0 Å². The summed E-state index contributed by atoms with van der Waals surface area (Å²) in [4.78, 5) is 18.8. The van der Waals surface area contributed by atoms with E-state index < -0.39 is 0 Å². The summed E-state index contributed by atoms with van der Waals surface area (Å²) in [5.41, 5.74) is 3.12. The van der Waals surface area contributed by atoms with Crippen molar-refractivity contribution < 1.29 is 9.53 Å². The average molecular weight is 261 g/mol. The van der Waals surface area contributed by atoms with E-state index >= 15 is 0 Å². The SMILES string of the molecule is CNC(CCC(=O)OC)c1ccc2nc(C)[nH]c2c1. The molecule has 0 amide bonds. The van der Waals surface area contributed by atoms with E-state index in [4.69, 9.17) is 0 Å². The number of methoxy groups -OCH3 is 1. The minimum atomic E-state index is -0.182. The second kappa shape index (κ2) is 5.84. The van der Waals surface area contributed by atoms with Gasteiger partial charge in [0.05, 0.1) is 18.1 Å². The normalized spacial score (nSPS) is 12.6. The lowest BCUT2D eigenvalue weighted by molar-refractivity contribution is -0.140. The molecule has 1 unspecified atom stereocenters. The number of carbonyl (C=O) groups is 1. The summed E-state index contributed by atoms with van der Waals surface area (Å²) >= 11 is 0. The third kappa shape index (κ3) is 3.12. The fourth-order valence-corrected chi connectivity index (χ4v) is 2.21. The Morgan fingerprint density at radius 1 is 1.53 bits per heavy atom. The van der Waals surface area contributed by atoms with Crippen molar-refractivity contribution >= 4 is 17.0 Å². The van der Waals surface area contributed by atoms with E-state index in [1.165, 1.54) is 7.11 Å². The van der Waals surface area contributed by atoms with Crippen LogP contribution in [0.3, 0.4) is 0 Å². The molecule has 5 heteroatoms. The Hall–Kier alpha value is -1.88. The van der Waals surface area contributed by atoms with E-state index in [-0.39, 0.29) is 12.0 Å². The van der Waals surface area contributed by atoms with Crippen LogP contribution in [-0.4, -0.2) is 30.1 Å². The minimum Gasteiger partial charge on any atom is -0.469 e. The number of carbonyl (C=O) groups excluding carboxylic acids is 1. The van der Waals surface area contributed by atoms with Gasteiger partial charge in [-0.3, -0.25) is 4.79 Å². The first-order valence-electron chi connectivity index (χ1n) is 6.34. The molecular weight excluding hydrogens is 242 g/mol. The topological polar surface area (TPSA) is 67.0 Å². The van der Waals surface area contributed by atoms with Crippen molar-refractivity contribution in [2.45, 2.75) is 25.8 Å². The van der Waals surface area contributed by atoms with Crippen LogP contribution >= 0.6 is 0 Å². The highest BCUT2D eigenvalue weighted by molar-refractivity contribution is 5.76. The van der Waals surface area contributed by atoms with Crippen molar-refractivity contribution in [2.24, 2.45) is 0 Å². The van der Waals surface area contributed by atoms with E-state index in [2.05, 4.69) is 26.1 Å². The van der Waals surface area contributed by atoms with E-state index in [0.717, 1.165) is 22.4 Å². The Bertz CT molecular complexity index is 577. The monoisotopic (exact) mass is 261 g/mol. The minimum absolute atomic E-state index is 0.132. The fourth-order valence-electron chi connectivity index (χ4n) is 2.21. The van der Waals surface area contributed by atoms with Crippen LogP contribution in [0.5, 0.6) is 0 Å². The lowest BCUT2D eigenvalue weighted by atomic mass is 10.0. The number of nitrogens with one attached hydrogen (secondary N) is 2. The zero-order valence-electron chi connectivity index (χ0n) is 11.5. The molecule has 2 N–H and O–H groups in total. The number of fused-ring (bicyclic) bond motifs is 1. The van der Waals surface area contributed by atoms with E-state index in [1.807, 2.05) is 26.1 Å². The largest absolute Gasteiger partial charge is 0.469 e. The van der Waals surface area contributed by atoms with Gasteiger partial charge in [0, 0.05) is 12.5 Å². The van der Waals surface area contributed by atoms with Crippen LogP contribution in [0.25, 0.3) is 11.0 Å². The number of H-pyrrole nitrogens is 1. The van der Waals surface area contributed by atoms with Crippen molar-refractivity contribution in [3.8, 4) is 0 Å². The first kappa shape index (κ1) is 13.5. The zero-order valence-corrected chi connectivity index (χ0v) is 11.5. The summed E-state index contributed by atoms with van der Waals surface area (Å²) in [5.74, 6) is 0.724. The number of nitrogens with zero attached hydrogens (tertiary/aromatic N) is 1. The molecule has 0 bridgehead atoms. The highest BCUT2D eigenvalue weighted by Crippen LogP contribution is 2.22. The van der Waals surface area contributed by atoms with Crippen LogP contribution < -0.4 is 5.32 Å². The summed E-state index contributed by atoms with van der Waals surface area (Å²) in [7, 11) is 3.31. The molecule has 0 spiro atoms. The van der Waals surface area contributed by atoms with Crippen LogP contribution in [0.4, 0.5) is 0 Å². The van der Waals surface area contributed by atoms with E-state index in [9.17, 15) is 4.79 Å². The molecule has 0 saturated heterocycles. The molecule has 0 fully saturated rings. The maximum Gasteiger partial charge on any atom is 0.305 e. The van der Waals surface area contributed by atoms with Gasteiger partial charge >= 0.3 is 5.97 Å². The molecule has 0 saturated carbocycles. The number of ether oxygens (including phenoxy) is 1.